The molecule has 42 heavy (non-hydrogen) atoms. The Bertz CT molecular complexity index is 1110. The Morgan fingerprint density at radius 2 is 1.26 bits per heavy atom. The smallest absolute Gasteiger partial charge is 0.120 e. The van der Waals surface area contributed by atoms with E-state index in [1.807, 2.05) is 47.8 Å². The van der Waals surface area contributed by atoms with E-state index in [0.29, 0.717) is 54.3 Å². The second-order valence-corrected chi connectivity index (χ2v) is 16.1. The number of benzene rings is 2. The van der Waals surface area contributed by atoms with Gasteiger partial charge in [0, 0.05) is 60.6 Å². The van der Waals surface area contributed by atoms with Gasteiger partial charge in [-0.1, -0.05) is 79.7 Å². The molecule has 6 N–H and O–H groups in total. The molecular formula is C34H58N4O2S2. The highest BCUT2D eigenvalue weighted by Gasteiger charge is 2.32. The summed E-state index contributed by atoms with van der Waals surface area (Å²) in [6.07, 6.45) is 5.37. The molecule has 0 aliphatic rings. The van der Waals surface area contributed by atoms with Crippen LogP contribution in [0.5, 0.6) is 11.5 Å². The Kier molecular flexibility index (Phi) is 14.1. The summed E-state index contributed by atoms with van der Waals surface area (Å²) in [5.74, 6) is 1.02. The maximum Gasteiger partial charge on any atom is 0.120 e. The quantitative estimate of drug-likeness (QED) is 0.164. The lowest BCUT2D eigenvalue weighted by Gasteiger charge is -2.40. The molecule has 0 saturated carbocycles. The van der Waals surface area contributed by atoms with Crippen LogP contribution in [0.15, 0.2) is 36.4 Å². The molecule has 0 fully saturated rings. The van der Waals surface area contributed by atoms with Crippen molar-refractivity contribution >= 4 is 23.5 Å². The molecule has 2 aromatic carbocycles. The SMILES string of the molecule is CSC(CC(SC)C(C(C)C)N(CN)Cc1cc(C(C)(C)C)ccc1O)CN(CN)Cc1cc(C(C)(C)C)ccc1O. The molecule has 0 spiro atoms. The lowest BCUT2D eigenvalue weighted by molar-refractivity contribution is 0.141. The Balaban J connectivity index is 2.26. The number of thioether (sulfide) groups is 2. The van der Waals surface area contributed by atoms with Gasteiger partial charge in [-0.2, -0.15) is 23.5 Å². The van der Waals surface area contributed by atoms with E-state index in [0.717, 1.165) is 24.1 Å². The van der Waals surface area contributed by atoms with Crippen LogP contribution in [0, 0.1) is 5.92 Å². The van der Waals surface area contributed by atoms with Gasteiger partial charge in [0.15, 0.2) is 0 Å². The standard InChI is InChI=1S/C34H58N4O2S2/c1-23(2)32(38(22-36)19-25-16-27(34(6,7)8)12-14-30(25)40)31(42-10)17-28(41-9)20-37(21-35)18-24-15-26(33(3,4)5)11-13-29(24)39/h11-16,23,28,31-32,39-40H,17-22,35-36H2,1-10H3. The van der Waals surface area contributed by atoms with Crippen LogP contribution < -0.4 is 11.5 Å². The second-order valence-electron chi connectivity index (χ2n) is 13.9. The summed E-state index contributed by atoms with van der Waals surface area (Å²) in [5.41, 5.74) is 16.9. The molecule has 8 heteroatoms. The first-order valence-corrected chi connectivity index (χ1v) is 17.7. The van der Waals surface area contributed by atoms with Gasteiger partial charge >= 0.3 is 0 Å². The summed E-state index contributed by atoms with van der Waals surface area (Å²) >= 11 is 3.78. The molecule has 0 aromatic heterocycles. The zero-order valence-corrected chi connectivity index (χ0v) is 29.4. The Labute approximate surface area is 265 Å². The summed E-state index contributed by atoms with van der Waals surface area (Å²) in [4.78, 5) is 4.57. The third kappa shape index (κ3) is 10.3. The molecule has 0 aliphatic carbocycles. The normalized spacial score (nSPS) is 15.0. The van der Waals surface area contributed by atoms with Crippen LogP contribution in [0.25, 0.3) is 0 Å². The monoisotopic (exact) mass is 618 g/mol. The van der Waals surface area contributed by atoms with Crippen LogP contribution in [0.4, 0.5) is 0 Å². The topological polar surface area (TPSA) is 99.0 Å². The van der Waals surface area contributed by atoms with E-state index < -0.39 is 0 Å². The van der Waals surface area contributed by atoms with E-state index in [1.165, 1.54) is 11.1 Å². The molecule has 0 bridgehead atoms. The van der Waals surface area contributed by atoms with Crippen molar-refractivity contribution in [1.82, 2.24) is 9.80 Å². The van der Waals surface area contributed by atoms with Gasteiger partial charge in [-0.15, -0.1) is 0 Å². The van der Waals surface area contributed by atoms with Gasteiger partial charge in [-0.25, -0.2) is 0 Å². The van der Waals surface area contributed by atoms with E-state index in [4.69, 9.17) is 11.5 Å². The van der Waals surface area contributed by atoms with Gasteiger partial charge in [0.1, 0.15) is 11.5 Å². The molecule has 0 heterocycles. The molecule has 0 radical (unpaired) electrons. The van der Waals surface area contributed by atoms with Gasteiger partial charge in [0.05, 0.1) is 0 Å². The van der Waals surface area contributed by atoms with E-state index in [9.17, 15) is 10.2 Å². The summed E-state index contributed by atoms with van der Waals surface area (Å²) < 4.78 is 0. The third-order valence-corrected chi connectivity index (χ3v) is 10.3. The van der Waals surface area contributed by atoms with Gasteiger partial charge in [-0.3, -0.25) is 9.80 Å². The van der Waals surface area contributed by atoms with Crippen LogP contribution in [-0.4, -0.2) is 68.9 Å². The fraction of sp³-hybridized carbons (Fsp3) is 0.647. The average Bonchev–Trinajstić information content (AvgIpc) is 2.91. The number of hydrogen-bond donors (Lipinski definition) is 4. The lowest BCUT2D eigenvalue weighted by atomic mass is 9.86. The van der Waals surface area contributed by atoms with Crippen molar-refractivity contribution in [3.05, 3.63) is 58.7 Å². The zero-order chi connectivity index (χ0) is 31.8. The van der Waals surface area contributed by atoms with E-state index in [2.05, 4.69) is 89.8 Å². The van der Waals surface area contributed by atoms with Gasteiger partial charge in [0.2, 0.25) is 0 Å². The predicted molar refractivity (Wildman–Crippen MR) is 186 cm³/mol. The first-order valence-electron chi connectivity index (χ1n) is 15.1. The van der Waals surface area contributed by atoms with Crippen LogP contribution >= 0.6 is 23.5 Å². The summed E-state index contributed by atoms with van der Waals surface area (Å²) in [5, 5.41) is 22.1. The highest BCUT2D eigenvalue weighted by molar-refractivity contribution is 8.00. The second kappa shape index (κ2) is 16.1. The highest BCUT2D eigenvalue weighted by Crippen LogP contribution is 2.34. The first kappa shape index (κ1) is 36.8. The molecule has 2 aromatic rings. The molecule has 238 valence electrons. The van der Waals surface area contributed by atoms with E-state index in [1.54, 1.807) is 0 Å². The number of nitrogens with zero attached hydrogens (tertiary/aromatic N) is 2. The van der Waals surface area contributed by atoms with E-state index in [-0.39, 0.29) is 16.9 Å². The number of rotatable bonds is 15. The molecule has 2 rings (SSSR count). The molecule has 0 aliphatic heterocycles. The number of aromatic hydroxyl groups is 2. The van der Waals surface area contributed by atoms with Crippen molar-refractivity contribution in [1.29, 1.82) is 0 Å². The maximum atomic E-state index is 10.8. The van der Waals surface area contributed by atoms with Crippen LogP contribution in [0.1, 0.15) is 84.1 Å². The Morgan fingerprint density at radius 1 is 0.762 bits per heavy atom. The summed E-state index contributed by atoms with van der Waals surface area (Å²) in [7, 11) is 0. The summed E-state index contributed by atoms with van der Waals surface area (Å²) in [6.45, 7) is 20.6. The van der Waals surface area contributed by atoms with Crippen LogP contribution in [0.3, 0.4) is 0 Å². The van der Waals surface area contributed by atoms with Gasteiger partial charge in [0.25, 0.3) is 0 Å². The van der Waals surface area contributed by atoms with Crippen molar-refractivity contribution < 1.29 is 10.2 Å². The fourth-order valence-corrected chi connectivity index (χ4v) is 7.64. The third-order valence-electron chi connectivity index (χ3n) is 8.23. The van der Waals surface area contributed by atoms with Gasteiger partial charge < -0.3 is 21.7 Å². The molecule has 0 amide bonds. The lowest BCUT2D eigenvalue weighted by Crippen LogP contribution is -2.49. The highest BCUT2D eigenvalue weighted by atomic mass is 32.2. The zero-order valence-electron chi connectivity index (χ0n) is 27.8. The minimum Gasteiger partial charge on any atom is -0.508 e. The maximum absolute atomic E-state index is 10.8. The average molecular weight is 619 g/mol. The van der Waals surface area contributed by atoms with Crippen molar-refractivity contribution in [2.75, 3.05) is 32.4 Å². The number of hydrogen-bond acceptors (Lipinski definition) is 8. The molecular weight excluding hydrogens is 561 g/mol. The predicted octanol–water partition coefficient (Wildman–Crippen LogP) is 6.71. The Morgan fingerprint density at radius 3 is 1.64 bits per heavy atom. The Hall–Kier alpha value is -1.42. The van der Waals surface area contributed by atoms with Crippen molar-refractivity contribution in [3.63, 3.8) is 0 Å². The van der Waals surface area contributed by atoms with Crippen LogP contribution in [0.2, 0.25) is 0 Å². The largest absolute Gasteiger partial charge is 0.508 e. The minimum absolute atomic E-state index is 0.000534. The van der Waals surface area contributed by atoms with Crippen molar-refractivity contribution in [2.45, 2.75) is 102 Å². The molecule has 3 unspecified atom stereocenters. The van der Waals surface area contributed by atoms with E-state index >= 15 is 0 Å². The van der Waals surface area contributed by atoms with Crippen molar-refractivity contribution in [2.24, 2.45) is 17.4 Å². The minimum atomic E-state index is 0.000534. The van der Waals surface area contributed by atoms with Crippen molar-refractivity contribution in [3.8, 4) is 11.5 Å². The molecule has 3 atom stereocenters. The number of phenolic OH excluding ortho intramolecular Hbond substituents is 2. The first-order chi connectivity index (χ1) is 19.5. The fourth-order valence-electron chi connectivity index (χ4n) is 5.57. The molecule has 0 saturated heterocycles. The molecule has 6 nitrogen and oxygen atoms in total. The number of nitrogens with two attached hydrogens (primary N) is 2. The summed E-state index contributed by atoms with van der Waals surface area (Å²) in [6, 6.07) is 12.1. The van der Waals surface area contributed by atoms with Crippen LogP contribution in [-0.2, 0) is 23.9 Å². The number of phenols is 2. The van der Waals surface area contributed by atoms with Gasteiger partial charge in [-0.05, 0) is 58.9 Å².